The van der Waals surface area contributed by atoms with Crippen LogP contribution >= 0.6 is 0 Å². The molecule has 24 heavy (non-hydrogen) atoms. The molecular weight excluding hydrogens is 305 g/mol. The maximum Gasteiger partial charge on any atom is 0.123 e. The fraction of sp³-hybridized carbons (Fsp3) is 0.200. The second-order valence-corrected chi connectivity index (χ2v) is 5.68. The van der Waals surface area contributed by atoms with Gasteiger partial charge in [-0.3, -0.25) is 0 Å². The predicted molar refractivity (Wildman–Crippen MR) is 91.2 cm³/mol. The van der Waals surface area contributed by atoms with E-state index in [1.807, 2.05) is 49.4 Å². The summed E-state index contributed by atoms with van der Waals surface area (Å²) in [7, 11) is 0. The largest absolute Gasteiger partial charge is 0.489 e. The van der Waals surface area contributed by atoms with E-state index in [9.17, 15) is 4.39 Å². The smallest absolute Gasteiger partial charge is 0.123 e. The van der Waals surface area contributed by atoms with Crippen LogP contribution in [0.1, 0.15) is 22.6 Å². The maximum absolute atomic E-state index is 13.1. The number of rotatable bonds is 7. The maximum atomic E-state index is 13.1. The molecule has 0 saturated heterocycles. The number of benzene rings is 2. The molecule has 0 aliphatic rings. The van der Waals surface area contributed by atoms with Gasteiger partial charge in [-0.15, -0.1) is 0 Å². The molecule has 3 aromatic rings. The van der Waals surface area contributed by atoms with Crippen LogP contribution in [0.25, 0.3) is 0 Å². The molecule has 1 N–H and O–H groups in total. The van der Waals surface area contributed by atoms with Crippen molar-refractivity contribution < 1.29 is 13.5 Å². The summed E-state index contributed by atoms with van der Waals surface area (Å²) < 4.78 is 24.3. The van der Waals surface area contributed by atoms with Crippen molar-refractivity contribution in [2.45, 2.75) is 26.6 Å². The van der Waals surface area contributed by atoms with E-state index in [0.717, 1.165) is 34.9 Å². The number of hydrogen-bond acceptors (Lipinski definition) is 3. The minimum absolute atomic E-state index is 0.246. The summed E-state index contributed by atoms with van der Waals surface area (Å²) in [5.41, 5.74) is 1.98. The van der Waals surface area contributed by atoms with Gasteiger partial charge < -0.3 is 14.5 Å². The first-order valence-electron chi connectivity index (χ1n) is 7.91. The second kappa shape index (κ2) is 7.79. The first-order valence-corrected chi connectivity index (χ1v) is 7.91. The van der Waals surface area contributed by atoms with Gasteiger partial charge in [-0.1, -0.05) is 24.3 Å². The van der Waals surface area contributed by atoms with Crippen molar-refractivity contribution in [3.05, 3.63) is 89.1 Å². The Morgan fingerprint density at radius 3 is 2.50 bits per heavy atom. The number of aryl methyl sites for hydroxylation is 1. The summed E-state index contributed by atoms with van der Waals surface area (Å²) in [6.07, 6.45) is 0. The Labute approximate surface area is 141 Å². The topological polar surface area (TPSA) is 34.4 Å². The zero-order valence-corrected chi connectivity index (χ0v) is 13.6. The van der Waals surface area contributed by atoms with Gasteiger partial charge in [0.1, 0.15) is 29.7 Å². The van der Waals surface area contributed by atoms with Crippen LogP contribution in [0.5, 0.6) is 5.75 Å². The molecule has 0 fully saturated rings. The lowest BCUT2D eigenvalue weighted by molar-refractivity contribution is 0.305. The highest BCUT2D eigenvalue weighted by Crippen LogP contribution is 2.15. The van der Waals surface area contributed by atoms with Crippen LogP contribution in [0.15, 0.2) is 65.1 Å². The SMILES string of the molecule is Cc1ccc(CNCc2ccc(OCc3cccc(F)c3)cc2)o1. The lowest BCUT2D eigenvalue weighted by atomic mass is 10.2. The van der Waals surface area contributed by atoms with Gasteiger partial charge in [-0.2, -0.15) is 0 Å². The molecule has 0 radical (unpaired) electrons. The van der Waals surface area contributed by atoms with Crippen LogP contribution in [0, 0.1) is 12.7 Å². The normalized spacial score (nSPS) is 10.8. The first kappa shape index (κ1) is 16.3. The van der Waals surface area contributed by atoms with E-state index in [2.05, 4.69) is 5.32 Å². The molecule has 0 amide bonds. The Morgan fingerprint density at radius 1 is 0.958 bits per heavy atom. The first-order chi connectivity index (χ1) is 11.7. The van der Waals surface area contributed by atoms with Gasteiger partial charge in [0, 0.05) is 6.54 Å². The van der Waals surface area contributed by atoms with Crippen molar-refractivity contribution in [1.82, 2.24) is 5.32 Å². The van der Waals surface area contributed by atoms with Gasteiger partial charge in [-0.05, 0) is 54.4 Å². The summed E-state index contributed by atoms with van der Waals surface area (Å²) >= 11 is 0. The molecule has 1 aromatic heterocycles. The van der Waals surface area contributed by atoms with Crippen molar-refractivity contribution in [2.75, 3.05) is 0 Å². The van der Waals surface area contributed by atoms with Crippen molar-refractivity contribution in [2.24, 2.45) is 0 Å². The number of nitrogens with one attached hydrogen (secondary N) is 1. The highest BCUT2D eigenvalue weighted by molar-refractivity contribution is 5.28. The molecule has 0 saturated carbocycles. The zero-order valence-electron chi connectivity index (χ0n) is 13.6. The van der Waals surface area contributed by atoms with E-state index in [1.165, 1.54) is 12.1 Å². The van der Waals surface area contributed by atoms with Gasteiger partial charge in [0.05, 0.1) is 6.54 Å². The van der Waals surface area contributed by atoms with Gasteiger partial charge >= 0.3 is 0 Å². The molecule has 3 rings (SSSR count). The fourth-order valence-corrected chi connectivity index (χ4v) is 2.41. The van der Waals surface area contributed by atoms with Crippen LogP contribution in [-0.2, 0) is 19.7 Å². The van der Waals surface area contributed by atoms with E-state index < -0.39 is 0 Å². The second-order valence-electron chi connectivity index (χ2n) is 5.68. The van der Waals surface area contributed by atoms with Crippen molar-refractivity contribution in [3.63, 3.8) is 0 Å². The van der Waals surface area contributed by atoms with E-state index in [-0.39, 0.29) is 5.82 Å². The summed E-state index contributed by atoms with van der Waals surface area (Å²) in [5.74, 6) is 2.38. The monoisotopic (exact) mass is 325 g/mol. The van der Waals surface area contributed by atoms with Crippen molar-refractivity contribution in [3.8, 4) is 5.75 Å². The third-order valence-corrected chi connectivity index (χ3v) is 3.64. The zero-order chi connectivity index (χ0) is 16.8. The lowest BCUT2D eigenvalue weighted by Crippen LogP contribution is -2.12. The number of furan rings is 1. The standard InChI is InChI=1S/C20H20FNO2/c1-15-5-8-20(24-15)13-22-12-16-6-9-19(10-7-16)23-14-17-3-2-4-18(21)11-17/h2-11,22H,12-14H2,1H3. The molecule has 3 nitrogen and oxygen atoms in total. The Balaban J connectivity index is 1.46. The van der Waals surface area contributed by atoms with E-state index in [4.69, 9.17) is 9.15 Å². The predicted octanol–water partition coefficient (Wildman–Crippen LogP) is 4.60. The van der Waals surface area contributed by atoms with Gasteiger partial charge in [0.25, 0.3) is 0 Å². The van der Waals surface area contributed by atoms with Crippen LogP contribution < -0.4 is 10.1 Å². The molecule has 124 valence electrons. The molecule has 4 heteroatoms. The van der Waals surface area contributed by atoms with Crippen LogP contribution in [0.4, 0.5) is 4.39 Å². The van der Waals surface area contributed by atoms with Crippen LogP contribution in [-0.4, -0.2) is 0 Å². The molecule has 0 aliphatic heterocycles. The Kier molecular flexibility index (Phi) is 5.29. The average molecular weight is 325 g/mol. The molecule has 0 atom stereocenters. The number of halogens is 1. The summed E-state index contributed by atoms with van der Waals surface area (Å²) in [5, 5.41) is 3.34. The minimum Gasteiger partial charge on any atom is -0.489 e. The third kappa shape index (κ3) is 4.70. The highest BCUT2D eigenvalue weighted by atomic mass is 19.1. The fourth-order valence-electron chi connectivity index (χ4n) is 2.41. The molecule has 1 heterocycles. The Hall–Kier alpha value is -2.59. The molecule has 0 bridgehead atoms. The molecule has 0 aliphatic carbocycles. The highest BCUT2D eigenvalue weighted by Gasteiger charge is 2.00. The third-order valence-electron chi connectivity index (χ3n) is 3.64. The van der Waals surface area contributed by atoms with Gasteiger partial charge in [0.15, 0.2) is 0 Å². The lowest BCUT2D eigenvalue weighted by Gasteiger charge is -2.08. The summed E-state index contributed by atoms with van der Waals surface area (Å²) in [6, 6.07) is 18.3. The molecular formula is C20H20FNO2. The van der Waals surface area contributed by atoms with Gasteiger partial charge in [-0.25, -0.2) is 4.39 Å². The van der Waals surface area contributed by atoms with E-state index in [1.54, 1.807) is 6.07 Å². The Bertz CT molecular complexity index is 780. The molecule has 0 unspecified atom stereocenters. The van der Waals surface area contributed by atoms with E-state index >= 15 is 0 Å². The van der Waals surface area contributed by atoms with Crippen LogP contribution in [0.3, 0.4) is 0 Å². The average Bonchev–Trinajstić information content (AvgIpc) is 3.00. The van der Waals surface area contributed by atoms with Crippen molar-refractivity contribution in [1.29, 1.82) is 0 Å². The number of ether oxygens (including phenoxy) is 1. The van der Waals surface area contributed by atoms with Crippen molar-refractivity contribution >= 4 is 0 Å². The summed E-state index contributed by atoms with van der Waals surface area (Å²) in [6.45, 7) is 3.74. The number of hydrogen-bond donors (Lipinski definition) is 1. The summed E-state index contributed by atoms with van der Waals surface area (Å²) in [4.78, 5) is 0. The quantitative estimate of drug-likeness (QED) is 0.689. The van der Waals surface area contributed by atoms with Gasteiger partial charge in [0.2, 0.25) is 0 Å². The molecule has 2 aromatic carbocycles. The Morgan fingerprint density at radius 2 is 1.79 bits per heavy atom. The minimum atomic E-state index is -0.246. The van der Waals surface area contributed by atoms with Crippen LogP contribution in [0.2, 0.25) is 0 Å². The molecule has 0 spiro atoms. The van der Waals surface area contributed by atoms with E-state index in [0.29, 0.717) is 13.2 Å².